The van der Waals surface area contributed by atoms with Crippen LogP contribution in [-0.2, 0) is 71.5 Å². The number of rotatable bonds is 14. The number of nitrogens with one attached hydrogen (secondary N) is 3. The number of hydrogen-bond donors (Lipinski definition) is 4. The maximum Gasteiger partial charge on any atom is 0.332 e. The third-order valence-electron chi connectivity index (χ3n) is 15.3. The topological polar surface area (TPSA) is 252 Å². The SMILES string of the molecule is CC[C@H](C)[C@H]1OC(=O)[C@@H](C(C)(C)O)N(C)C(=O)[C@H](CC(C)C)NC(=O)[C@H](C(C)C)N(C)C(=O)[C@H](CC[S@@](C)=O)NC(=O)[C@H]2CCCN2C(=O)[C@H](Cc2ccccc2)N(C)C(=O)[C@H](Cc2ccccc2)NC(=O)[C@H](C(C)C)N(C)C1=O. The molecule has 2 fully saturated rings. The second-order valence-electron chi connectivity index (χ2n) is 23.4. The first kappa shape index (κ1) is 66.3. The summed E-state index contributed by atoms with van der Waals surface area (Å²) in [6.45, 7) is 16.7. The molecule has 11 atom stereocenters. The number of hydrogen-bond acceptors (Lipinski definition) is 12. The third kappa shape index (κ3) is 17.2. The Hall–Kier alpha value is -6.22. The Bertz CT molecular complexity index is 2510. The van der Waals surface area contributed by atoms with Crippen LogP contribution in [0.4, 0.5) is 0 Å². The normalized spacial score (nSPS) is 26.3. The summed E-state index contributed by atoms with van der Waals surface area (Å²) in [6, 6.07) is 7.48. The molecule has 21 heteroatoms. The van der Waals surface area contributed by atoms with Crippen LogP contribution in [0.5, 0.6) is 0 Å². The quantitative estimate of drug-likeness (QED) is 0.199. The summed E-state index contributed by atoms with van der Waals surface area (Å²) in [5.41, 5.74) is -0.618. The van der Waals surface area contributed by atoms with Crippen molar-refractivity contribution >= 4 is 64.0 Å². The number of aliphatic hydroxyl groups is 1. The molecule has 444 valence electrons. The van der Waals surface area contributed by atoms with Gasteiger partial charge in [-0.05, 0) is 74.8 Å². The van der Waals surface area contributed by atoms with Crippen LogP contribution in [-0.4, -0.2) is 194 Å². The van der Waals surface area contributed by atoms with Gasteiger partial charge < -0.3 is 50.3 Å². The minimum atomic E-state index is -1.99. The molecule has 2 heterocycles. The van der Waals surface area contributed by atoms with Crippen LogP contribution in [0.2, 0.25) is 0 Å². The molecular formula is C59H90N8O12S. The lowest BCUT2D eigenvalue weighted by Crippen LogP contribution is -2.62. The van der Waals surface area contributed by atoms with Gasteiger partial charge in [0.15, 0.2) is 12.1 Å². The van der Waals surface area contributed by atoms with Crippen LogP contribution in [0, 0.1) is 23.7 Å². The summed E-state index contributed by atoms with van der Waals surface area (Å²) < 4.78 is 18.7. The van der Waals surface area contributed by atoms with Crippen molar-refractivity contribution in [2.75, 3.05) is 46.7 Å². The van der Waals surface area contributed by atoms with Crippen LogP contribution in [0.1, 0.15) is 112 Å². The second kappa shape index (κ2) is 29.5. The Balaban J connectivity index is 1.98. The highest BCUT2D eigenvalue weighted by Gasteiger charge is 2.48. The fourth-order valence-corrected chi connectivity index (χ4v) is 11.4. The highest BCUT2D eigenvalue weighted by Crippen LogP contribution is 2.27. The van der Waals surface area contributed by atoms with Crippen molar-refractivity contribution in [2.45, 2.75) is 174 Å². The predicted octanol–water partition coefficient (Wildman–Crippen LogP) is 3.09. The van der Waals surface area contributed by atoms with Gasteiger partial charge >= 0.3 is 5.97 Å². The maximum absolute atomic E-state index is 15.3. The van der Waals surface area contributed by atoms with Gasteiger partial charge in [-0.2, -0.15) is 0 Å². The van der Waals surface area contributed by atoms with Gasteiger partial charge in [0.25, 0.3) is 5.91 Å². The number of benzene rings is 2. The van der Waals surface area contributed by atoms with Crippen molar-refractivity contribution in [3.05, 3.63) is 71.8 Å². The molecule has 0 unspecified atom stereocenters. The van der Waals surface area contributed by atoms with Crippen LogP contribution < -0.4 is 16.0 Å². The number of fused-ring (bicyclic) bond motifs is 1. The van der Waals surface area contributed by atoms with Gasteiger partial charge in [-0.25, -0.2) is 4.79 Å². The van der Waals surface area contributed by atoms with Crippen molar-refractivity contribution in [3.8, 4) is 0 Å². The number of nitrogens with zero attached hydrogens (tertiary/aromatic N) is 5. The van der Waals surface area contributed by atoms with E-state index in [1.54, 1.807) is 84.0 Å². The lowest BCUT2D eigenvalue weighted by Gasteiger charge is -2.39. The first-order chi connectivity index (χ1) is 37.4. The van der Waals surface area contributed by atoms with E-state index < -0.39 is 142 Å². The molecule has 0 radical (unpaired) electrons. The number of likely N-dealkylation sites (N-methyl/N-ethyl adjacent to an activating group) is 4. The highest BCUT2D eigenvalue weighted by molar-refractivity contribution is 7.84. The van der Waals surface area contributed by atoms with E-state index in [9.17, 15) is 42.9 Å². The highest BCUT2D eigenvalue weighted by atomic mass is 32.2. The summed E-state index contributed by atoms with van der Waals surface area (Å²) in [5.74, 6) is -8.75. The minimum absolute atomic E-state index is 0.00824. The van der Waals surface area contributed by atoms with Crippen molar-refractivity contribution in [3.63, 3.8) is 0 Å². The van der Waals surface area contributed by atoms with Gasteiger partial charge in [0.1, 0.15) is 42.3 Å². The molecule has 2 aliphatic rings. The summed E-state index contributed by atoms with van der Waals surface area (Å²) in [6.07, 6.45) is 0.791. The van der Waals surface area contributed by atoms with Crippen molar-refractivity contribution in [1.82, 2.24) is 40.4 Å². The molecular weight excluding hydrogens is 1040 g/mol. The Labute approximate surface area is 476 Å². The van der Waals surface area contributed by atoms with E-state index >= 15 is 9.59 Å². The minimum Gasteiger partial charge on any atom is -0.450 e. The largest absolute Gasteiger partial charge is 0.450 e. The summed E-state index contributed by atoms with van der Waals surface area (Å²) in [5, 5.41) is 20.3. The van der Waals surface area contributed by atoms with Crippen molar-refractivity contribution in [1.29, 1.82) is 0 Å². The van der Waals surface area contributed by atoms with E-state index in [-0.39, 0.29) is 50.3 Å². The summed E-state index contributed by atoms with van der Waals surface area (Å²) in [4.78, 5) is 140. The molecule has 2 aromatic carbocycles. The molecule has 20 nitrogen and oxygen atoms in total. The van der Waals surface area contributed by atoms with E-state index in [0.29, 0.717) is 24.0 Å². The molecule has 2 aliphatic heterocycles. The Morgan fingerprint density at radius 2 is 1.11 bits per heavy atom. The number of amides is 8. The molecule has 0 saturated carbocycles. The third-order valence-corrected chi connectivity index (χ3v) is 16.2. The molecule has 0 bridgehead atoms. The zero-order valence-electron chi connectivity index (χ0n) is 49.7. The molecule has 4 N–H and O–H groups in total. The number of carbonyl (C=O) groups excluding carboxylic acids is 9. The van der Waals surface area contributed by atoms with Crippen LogP contribution in [0.15, 0.2) is 60.7 Å². The van der Waals surface area contributed by atoms with Gasteiger partial charge in [-0.3, -0.25) is 42.6 Å². The zero-order valence-corrected chi connectivity index (χ0v) is 50.5. The van der Waals surface area contributed by atoms with Crippen LogP contribution >= 0.6 is 0 Å². The molecule has 2 aromatic rings. The number of carbonyl (C=O) groups is 9. The molecule has 80 heavy (non-hydrogen) atoms. The Morgan fingerprint density at radius 3 is 1.60 bits per heavy atom. The number of ether oxygens (including phenoxy) is 1. The van der Waals surface area contributed by atoms with Gasteiger partial charge in [0, 0.05) is 76.3 Å². The van der Waals surface area contributed by atoms with Gasteiger partial charge in [-0.15, -0.1) is 0 Å². The molecule has 0 spiro atoms. The van der Waals surface area contributed by atoms with E-state index in [4.69, 9.17) is 4.74 Å². The van der Waals surface area contributed by atoms with Gasteiger partial charge in [0.2, 0.25) is 41.4 Å². The Kier molecular flexibility index (Phi) is 24.4. The molecule has 2 saturated heterocycles. The first-order valence-electron chi connectivity index (χ1n) is 28.0. The maximum atomic E-state index is 15.3. The van der Waals surface area contributed by atoms with E-state index in [1.165, 1.54) is 67.9 Å². The second-order valence-corrected chi connectivity index (χ2v) is 25.0. The molecule has 0 aromatic heterocycles. The molecule has 4 rings (SSSR count). The predicted molar refractivity (Wildman–Crippen MR) is 305 cm³/mol. The summed E-state index contributed by atoms with van der Waals surface area (Å²) >= 11 is 0. The standard InChI is InChI=1S/C59H90N8O12S/c1-16-38(8)48-57(75)65(13)47(37(6)7)52(70)62-43(33-39-24-19-17-20-25-39)54(72)63(11)45(34-40-26-21-18-22-27-40)56(74)67-30-23-28-44(67)50(68)60-41(29-31-80(15)78)53(71)64(12)46(36(4)5)51(69)61-42(32-35(2)3)55(73)66(14)49(58(76)79-48)59(9,10)77/h17-22,24-27,35-38,41-49,77H,16,23,28-34H2,1-15H3,(H,60,68)(H,61,69)(H,62,70)/t38-,41-,42-,43-,44+,45-,46-,47-,48+,49-,80+/m0/s1. The first-order valence-corrected chi connectivity index (χ1v) is 29.7. The van der Waals surface area contributed by atoms with E-state index in [0.717, 1.165) is 4.90 Å². The summed E-state index contributed by atoms with van der Waals surface area (Å²) in [7, 11) is 4.12. The van der Waals surface area contributed by atoms with Crippen LogP contribution in [0.3, 0.4) is 0 Å². The lowest BCUT2D eigenvalue weighted by atomic mass is 9.94. The fraction of sp³-hybridized carbons (Fsp3) is 0.644. The van der Waals surface area contributed by atoms with Gasteiger partial charge in [0.05, 0.1) is 5.60 Å². The number of cyclic esters (lactones) is 1. The number of esters is 1. The zero-order chi connectivity index (χ0) is 60.1. The smallest absolute Gasteiger partial charge is 0.332 e. The monoisotopic (exact) mass is 1130 g/mol. The van der Waals surface area contributed by atoms with Gasteiger partial charge in [-0.1, -0.05) is 116 Å². The fourth-order valence-electron chi connectivity index (χ4n) is 10.9. The van der Waals surface area contributed by atoms with Crippen LogP contribution in [0.25, 0.3) is 0 Å². The molecule has 0 aliphatic carbocycles. The average Bonchev–Trinajstić information content (AvgIpc) is 3.89. The Morgan fingerprint density at radius 1 is 0.637 bits per heavy atom. The van der Waals surface area contributed by atoms with E-state index in [2.05, 4.69) is 16.0 Å². The molecule has 8 amide bonds. The lowest BCUT2D eigenvalue weighted by molar-refractivity contribution is -0.177. The van der Waals surface area contributed by atoms with Crippen molar-refractivity contribution < 1.29 is 57.2 Å². The van der Waals surface area contributed by atoms with E-state index in [1.807, 2.05) is 32.0 Å². The van der Waals surface area contributed by atoms with Crippen molar-refractivity contribution in [2.24, 2.45) is 23.7 Å². The average molecular weight is 1140 g/mol.